The summed E-state index contributed by atoms with van der Waals surface area (Å²) in [6.45, 7) is 3.51. The van der Waals surface area contributed by atoms with E-state index in [4.69, 9.17) is 4.42 Å². The maximum absolute atomic E-state index is 9.41. The standard InChI is InChI=1S/C14H19NO2/c1-2-12(16)7-8-15-10-13-9-11-5-3-4-6-14(11)17-13/h3-6,9,12,15-16H,2,7-8,10H2,1H3. The fraction of sp³-hybridized carbons (Fsp3) is 0.429. The van der Waals surface area contributed by atoms with E-state index in [1.165, 1.54) is 0 Å². The Labute approximate surface area is 101 Å². The van der Waals surface area contributed by atoms with Gasteiger partial charge in [-0.25, -0.2) is 0 Å². The van der Waals surface area contributed by atoms with Crippen molar-refractivity contribution in [1.82, 2.24) is 5.32 Å². The quantitative estimate of drug-likeness (QED) is 0.754. The Balaban J connectivity index is 1.83. The van der Waals surface area contributed by atoms with E-state index < -0.39 is 0 Å². The average Bonchev–Trinajstić information content (AvgIpc) is 2.76. The van der Waals surface area contributed by atoms with Crippen molar-refractivity contribution in [3.8, 4) is 0 Å². The van der Waals surface area contributed by atoms with Gasteiger partial charge in [0, 0.05) is 5.39 Å². The van der Waals surface area contributed by atoms with Crippen LogP contribution in [0.25, 0.3) is 11.0 Å². The first-order valence-electron chi connectivity index (χ1n) is 6.16. The fourth-order valence-corrected chi connectivity index (χ4v) is 1.81. The lowest BCUT2D eigenvalue weighted by Gasteiger charge is -2.07. The molecular weight excluding hydrogens is 214 g/mol. The van der Waals surface area contributed by atoms with E-state index in [2.05, 4.69) is 11.4 Å². The molecule has 0 fully saturated rings. The van der Waals surface area contributed by atoms with Crippen LogP contribution >= 0.6 is 0 Å². The average molecular weight is 233 g/mol. The lowest BCUT2D eigenvalue weighted by molar-refractivity contribution is 0.159. The summed E-state index contributed by atoms with van der Waals surface area (Å²) in [6.07, 6.45) is 1.40. The van der Waals surface area contributed by atoms with Gasteiger partial charge >= 0.3 is 0 Å². The second kappa shape index (κ2) is 5.84. The van der Waals surface area contributed by atoms with Crippen LogP contribution in [0.2, 0.25) is 0 Å². The molecule has 0 spiro atoms. The summed E-state index contributed by atoms with van der Waals surface area (Å²) in [7, 11) is 0. The van der Waals surface area contributed by atoms with Gasteiger partial charge in [-0.3, -0.25) is 0 Å². The first kappa shape index (κ1) is 12.1. The molecule has 0 aliphatic carbocycles. The highest BCUT2D eigenvalue weighted by molar-refractivity contribution is 5.77. The minimum absolute atomic E-state index is 0.196. The largest absolute Gasteiger partial charge is 0.460 e. The molecule has 0 amide bonds. The van der Waals surface area contributed by atoms with Crippen LogP contribution < -0.4 is 5.32 Å². The Bertz CT molecular complexity index is 431. The van der Waals surface area contributed by atoms with Gasteiger partial charge in [-0.15, -0.1) is 0 Å². The Morgan fingerprint density at radius 2 is 2.18 bits per heavy atom. The van der Waals surface area contributed by atoms with Gasteiger partial charge in [0.15, 0.2) is 0 Å². The topological polar surface area (TPSA) is 45.4 Å². The molecule has 1 aromatic carbocycles. The van der Waals surface area contributed by atoms with Crippen molar-refractivity contribution < 1.29 is 9.52 Å². The monoisotopic (exact) mass is 233 g/mol. The zero-order chi connectivity index (χ0) is 12.1. The van der Waals surface area contributed by atoms with Crippen LogP contribution in [0.4, 0.5) is 0 Å². The Morgan fingerprint density at radius 1 is 1.35 bits per heavy atom. The molecule has 0 bridgehead atoms. The van der Waals surface area contributed by atoms with Crippen molar-refractivity contribution >= 4 is 11.0 Å². The molecule has 3 heteroatoms. The molecular formula is C14H19NO2. The predicted molar refractivity (Wildman–Crippen MR) is 68.8 cm³/mol. The van der Waals surface area contributed by atoms with Gasteiger partial charge in [-0.2, -0.15) is 0 Å². The van der Waals surface area contributed by atoms with E-state index in [1.54, 1.807) is 0 Å². The van der Waals surface area contributed by atoms with Crippen molar-refractivity contribution in [3.05, 3.63) is 36.1 Å². The summed E-state index contributed by atoms with van der Waals surface area (Å²) >= 11 is 0. The number of aliphatic hydroxyl groups excluding tert-OH is 1. The second-order valence-corrected chi connectivity index (χ2v) is 4.28. The van der Waals surface area contributed by atoms with E-state index in [0.717, 1.165) is 36.1 Å². The van der Waals surface area contributed by atoms with Crippen LogP contribution in [0.1, 0.15) is 25.5 Å². The maximum Gasteiger partial charge on any atom is 0.134 e. The van der Waals surface area contributed by atoms with Crippen molar-refractivity contribution in [2.24, 2.45) is 0 Å². The molecule has 1 atom stereocenters. The third kappa shape index (κ3) is 3.32. The van der Waals surface area contributed by atoms with E-state index in [-0.39, 0.29) is 6.10 Å². The third-order valence-electron chi connectivity index (χ3n) is 2.90. The Hall–Kier alpha value is -1.32. The van der Waals surface area contributed by atoms with Crippen molar-refractivity contribution in [2.45, 2.75) is 32.4 Å². The zero-order valence-electron chi connectivity index (χ0n) is 10.1. The number of hydrogen-bond acceptors (Lipinski definition) is 3. The minimum Gasteiger partial charge on any atom is -0.460 e. The summed E-state index contributed by atoms with van der Waals surface area (Å²) < 4.78 is 5.68. The van der Waals surface area contributed by atoms with Crippen molar-refractivity contribution in [3.63, 3.8) is 0 Å². The van der Waals surface area contributed by atoms with E-state index >= 15 is 0 Å². The molecule has 92 valence electrons. The summed E-state index contributed by atoms with van der Waals surface area (Å²) in [4.78, 5) is 0. The lowest BCUT2D eigenvalue weighted by Crippen LogP contribution is -2.19. The number of aliphatic hydroxyl groups is 1. The molecule has 0 radical (unpaired) electrons. The predicted octanol–water partition coefficient (Wildman–Crippen LogP) is 2.68. The van der Waals surface area contributed by atoms with Crippen LogP contribution in [0.5, 0.6) is 0 Å². The van der Waals surface area contributed by atoms with Crippen molar-refractivity contribution in [2.75, 3.05) is 6.54 Å². The molecule has 1 heterocycles. The van der Waals surface area contributed by atoms with Crippen LogP contribution in [-0.2, 0) is 6.54 Å². The first-order valence-corrected chi connectivity index (χ1v) is 6.16. The minimum atomic E-state index is -0.196. The van der Waals surface area contributed by atoms with Gasteiger partial charge in [0.25, 0.3) is 0 Å². The number of furan rings is 1. The van der Waals surface area contributed by atoms with Crippen molar-refractivity contribution in [1.29, 1.82) is 0 Å². The highest BCUT2D eigenvalue weighted by atomic mass is 16.3. The van der Waals surface area contributed by atoms with Crippen LogP contribution in [0.15, 0.2) is 34.7 Å². The SMILES string of the molecule is CCC(O)CCNCc1cc2ccccc2o1. The summed E-state index contributed by atoms with van der Waals surface area (Å²) in [6, 6.07) is 10.1. The zero-order valence-corrected chi connectivity index (χ0v) is 10.1. The molecule has 3 nitrogen and oxygen atoms in total. The molecule has 2 aromatic rings. The molecule has 0 saturated carbocycles. The highest BCUT2D eigenvalue weighted by Crippen LogP contribution is 2.18. The molecule has 1 unspecified atom stereocenters. The molecule has 0 aliphatic heterocycles. The number of rotatable bonds is 6. The van der Waals surface area contributed by atoms with E-state index in [1.807, 2.05) is 31.2 Å². The van der Waals surface area contributed by atoms with E-state index in [0.29, 0.717) is 6.54 Å². The molecule has 2 N–H and O–H groups in total. The number of para-hydroxylation sites is 1. The van der Waals surface area contributed by atoms with Crippen LogP contribution in [0.3, 0.4) is 0 Å². The normalized spacial score (nSPS) is 13.1. The number of benzene rings is 1. The molecule has 2 rings (SSSR count). The van der Waals surface area contributed by atoms with E-state index in [9.17, 15) is 5.11 Å². The first-order chi connectivity index (χ1) is 8.29. The second-order valence-electron chi connectivity index (χ2n) is 4.28. The Kier molecular flexibility index (Phi) is 4.18. The Morgan fingerprint density at radius 3 is 2.94 bits per heavy atom. The van der Waals surface area contributed by atoms with Gasteiger partial charge in [0.2, 0.25) is 0 Å². The number of nitrogens with one attached hydrogen (secondary N) is 1. The molecule has 17 heavy (non-hydrogen) atoms. The third-order valence-corrected chi connectivity index (χ3v) is 2.90. The number of hydrogen-bond donors (Lipinski definition) is 2. The van der Waals surface area contributed by atoms with Gasteiger partial charge in [-0.1, -0.05) is 25.1 Å². The maximum atomic E-state index is 9.41. The van der Waals surface area contributed by atoms with Gasteiger partial charge in [0.1, 0.15) is 11.3 Å². The van der Waals surface area contributed by atoms with Gasteiger partial charge < -0.3 is 14.8 Å². The highest BCUT2D eigenvalue weighted by Gasteiger charge is 2.03. The van der Waals surface area contributed by atoms with Gasteiger partial charge in [0.05, 0.1) is 12.6 Å². The van der Waals surface area contributed by atoms with Gasteiger partial charge in [-0.05, 0) is 31.5 Å². The van der Waals surface area contributed by atoms with Crippen LogP contribution in [0, 0.1) is 0 Å². The molecule has 0 aliphatic rings. The molecule has 0 saturated heterocycles. The smallest absolute Gasteiger partial charge is 0.134 e. The fourth-order valence-electron chi connectivity index (χ4n) is 1.81. The summed E-state index contributed by atoms with van der Waals surface area (Å²) in [5, 5.41) is 13.8. The summed E-state index contributed by atoms with van der Waals surface area (Å²) in [5.74, 6) is 0.942. The molecule has 1 aromatic heterocycles. The number of fused-ring (bicyclic) bond motifs is 1. The lowest BCUT2D eigenvalue weighted by atomic mass is 10.2. The van der Waals surface area contributed by atoms with Crippen LogP contribution in [-0.4, -0.2) is 17.8 Å². The summed E-state index contributed by atoms with van der Waals surface area (Å²) in [5.41, 5.74) is 0.929.